The molecule has 1 fully saturated rings. The molecule has 0 saturated carbocycles. The van der Waals surface area contributed by atoms with Crippen LogP contribution in [0.3, 0.4) is 0 Å². The predicted molar refractivity (Wildman–Crippen MR) is 152 cm³/mol. The molecule has 1 spiro atoms. The van der Waals surface area contributed by atoms with Crippen molar-refractivity contribution in [2.75, 3.05) is 4.90 Å². The maximum Gasteiger partial charge on any atom is 0.264 e. The van der Waals surface area contributed by atoms with E-state index in [1.54, 1.807) is 10.9 Å². The van der Waals surface area contributed by atoms with Gasteiger partial charge in [-0.05, 0) is 64.8 Å². The number of amides is 1. The molecule has 3 heterocycles. The highest BCUT2D eigenvalue weighted by atomic mass is 127. The Morgan fingerprint density at radius 2 is 1.89 bits per heavy atom. The van der Waals surface area contributed by atoms with Crippen molar-refractivity contribution < 1.29 is 14.6 Å². The summed E-state index contributed by atoms with van der Waals surface area (Å²) in [6, 6.07) is 25.7. The smallest absolute Gasteiger partial charge is 0.264 e. The van der Waals surface area contributed by atoms with E-state index in [0.29, 0.717) is 25.2 Å². The SMILES string of the molecule is C[C@@H]1C[C@H](CCn2cc([C@H](O)c3ccccc3)nn2)O[C@@]12C(=O)N(Cc1cccc(I)c1)c1ccccc12. The molecule has 6 rings (SSSR count). The predicted octanol–water partition coefficient (Wildman–Crippen LogP) is 5.22. The number of aliphatic hydroxyl groups is 1. The minimum atomic E-state index is -0.972. The quantitative estimate of drug-likeness (QED) is 0.287. The van der Waals surface area contributed by atoms with E-state index in [0.717, 1.165) is 32.4 Å². The van der Waals surface area contributed by atoms with Crippen LogP contribution >= 0.6 is 22.6 Å². The maximum absolute atomic E-state index is 14.1. The van der Waals surface area contributed by atoms with E-state index in [1.165, 1.54) is 0 Å². The van der Waals surface area contributed by atoms with Crippen LogP contribution in [0.1, 0.15) is 48.3 Å². The molecule has 1 saturated heterocycles. The molecule has 7 nitrogen and oxygen atoms in total. The van der Waals surface area contributed by atoms with Crippen LogP contribution in [0.25, 0.3) is 0 Å². The second-order valence-corrected chi connectivity index (χ2v) is 11.4. The largest absolute Gasteiger partial charge is 0.382 e. The average Bonchev–Trinajstić information content (AvgIpc) is 3.60. The fourth-order valence-corrected chi connectivity index (χ4v) is 6.42. The van der Waals surface area contributed by atoms with E-state index in [-0.39, 0.29) is 17.9 Å². The fraction of sp³-hybridized carbons (Fsp3) is 0.300. The monoisotopic (exact) mass is 620 g/mol. The van der Waals surface area contributed by atoms with Crippen LogP contribution in [0.2, 0.25) is 0 Å². The molecule has 1 amide bonds. The number of hydrogen-bond acceptors (Lipinski definition) is 5. The van der Waals surface area contributed by atoms with Gasteiger partial charge in [-0.1, -0.05) is 72.8 Å². The topological polar surface area (TPSA) is 80.5 Å². The zero-order chi connectivity index (χ0) is 26.3. The molecule has 2 aliphatic heterocycles. The van der Waals surface area contributed by atoms with Crippen LogP contribution < -0.4 is 4.90 Å². The maximum atomic E-state index is 14.1. The summed E-state index contributed by atoms with van der Waals surface area (Å²) in [7, 11) is 0. The Labute approximate surface area is 235 Å². The van der Waals surface area contributed by atoms with Crippen molar-refractivity contribution in [3.63, 3.8) is 0 Å². The lowest BCUT2D eigenvalue weighted by Gasteiger charge is -2.28. The third kappa shape index (κ3) is 4.44. The molecule has 194 valence electrons. The molecule has 3 aromatic carbocycles. The van der Waals surface area contributed by atoms with Crippen LogP contribution in [0.5, 0.6) is 0 Å². The number of ether oxygens (including phenoxy) is 1. The lowest BCUT2D eigenvalue weighted by atomic mass is 9.83. The second-order valence-electron chi connectivity index (χ2n) is 10.2. The standard InChI is InChI=1S/C30H29IN4O3/c1-20-16-24(14-15-34-19-26(32-33-34)28(36)22-9-3-2-4-10-22)38-30(20)25-12-5-6-13-27(25)35(29(30)37)18-21-8-7-11-23(31)17-21/h2-13,17,19-20,24,28,36H,14-16,18H2,1H3/t20-,24+,28-,30+/m1/s1. The molecule has 38 heavy (non-hydrogen) atoms. The molecule has 2 aliphatic rings. The minimum Gasteiger partial charge on any atom is -0.382 e. The van der Waals surface area contributed by atoms with Crippen LogP contribution in [0.15, 0.2) is 85.1 Å². The van der Waals surface area contributed by atoms with E-state index in [2.05, 4.69) is 58.0 Å². The highest BCUT2D eigenvalue weighted by Crippen LogP contribution is 2.53. The van der Waals surface area contributed by atoms with Gasteiger partial charge in [0, 0.05) is 21.6 Å². The van der Waals surface area contributed by atoms with E-state index < -0.39 is 11.7 Å². The average molecular weight is 620 g/mol. The summed E-state index contributed by atoms with van der Waals surface area (Å²) in [4.78, 5) is 15.9. The molecule has 1 aromatic heterocycles. The number of rotatable bonds is 7. The molecular formula is C30H29IN4O3. The van der Waals surface area contributed by atoms with Gasteiger partial charge in [0.2, 0.25) is 0 Å². The molecule has 0 bridgehead atoms. The number of carbonyl (C=O) groups is 1. The van der Waals surface area contributed by atoms with Crippen molar-refractivity contribution in [3.8, 4) is 0 Å². The number of aryl methyl sites for hydroxylation is 1. The molecule has 8 heteroatoms. The van der Waals surface area contributed by atoms with Crippen molar-refractivity contribution in [1.29, 1.82) is 0 Å². The van der Waals surface area contributed by atoms with Crippen LogP contribution in [0, 0.1) is 9.49 Å². The van der Waals surface area contributed by atoms with Gasteiger partial charge in [-0.2, -0.15) is 0 Å². The third-order valence-electron chi connectivity index (χ3n) is 7.68. The first-order valence-electron chi connectivity index (χ1n) is 12.9. The van der Waals surface area contributed by atoms with Crippen LogP contribution in [-0.2, 0) is 28.2 Å². The Morgan fingerprint density at radius 1 is 1.11 bits per heavy atom. The second kappa shape index (κ2) is 10.2. The summed E-state index contributed by atoms with van der Waals surface area (Å²) in [6.07, 6.45) is 2.35. The van der Waals surface area contributed by atoms with Crippen molar-refractivity contribution in [1.82, 2.24) is 15.0 Å². The number of carbonyl (C=O) groups excluding carboxylic acids is 1. The highest BCUT2D eigenvalue weighted by Gasteiger charge is 2.59. The van der Waals surface area contributed by atoms with Gasteiger partial charge in [-0.25, -0.2) is 0 Å². The number of para-hydroxylation sites is 1. The van der Waals surface area contributed by atoms with Crippen molar-refractivity contribution in [2.24, 2.45) is 5.92 Å². The lowest BCUT2D eigenvalue weighted by Crippen LogP contribution is -2.43. The third-order valence-corrected chi connectivity index (χ3v) is 8.35. The number of aromatic nitrogens is 3. The van der Waals surface area contributed by atoms with Crippen LogP contribution in [-0.4, -0.2) is 32.1 Å². The molecule has 0 aliphatic carbocycles. The van der Waals surface area contributed by atoms with Gasteiger partial charge in [0.25, 0.3) is 5.91 Å². The number of anilines is 1. The zero-order valence-electron chi connectivity index (χ0n) is 21.1. The Bertz CT molecular complexity index is 1460. The Kier molecular flexibility index (Phi) is 6.79. The zero-order valence-corrected chi connectivity index (χ0v) is 23.2. The number of nitrogens with zero attached hydrogens (tertiary/aromatic N) is 4. The summed E-state index contributed by atoms with van der Waals surface area (Å²) in [5, 5.41) is 19.1. The number of halogens is 1. The molecule has 0 unspecified atom stereocenters. The summed E-state index contributed by atoms with van der Waals surface area (Å²) in [5.41, 5.74) is 3.31. The van der Waals surface area contributed by atoms with E-state index >= 15 is 0 Å². The van der Waals surface area contributed by atoms with Gasteiger partial charge in [-0.3, -0.25) is 9.48 Å². The van der Waals surface area contributed by atoms with E-state index in [1.807, 2.05) is 65.6 Å². The first-order valence-corrected chi connectivity index (χ1v) is 14.0. The molecular weight excluding hydrogens is 591 g/mol. The van der Waals surface area contributed by atoms with Gasteiger partial charge in [-0.15, -0.1) is 5.10 Å². The van der Waals surface area contributed by atoms with E-state index in [4.69, 9.17) is 4.74 Å². The number of benzene rings is 3. The number of hydrogen-bond donors (Lipinski definition) is 1. The van der Waals surface area contributed by atoms with Crippen LogP contribution in [0.4, 0.5) is 5.69 Å². The minimum absolute atomic E-state index is 0.0154. The Hall–Kier alpha value is -3.08. The molecule has 4 atom stereocenters. The lowest BCUT2D eigenvalue weighted by molar-refractivity contribution is -0.146. The van der Waals surface area contributed by atoms with E-state index in [9.17, 15) is 9.90 Å². The normalized spacial score (nSPS) is 23.2. The fourth-order valence-electron chi connectivity index (χ4n) is 5.81. The summed E-state index contributed by atoms with van der Waals surface area (Å²) < 4.78 is 9.58. The Morgan fingerprint density at radius 3 is 2.71 bits per heavy atom. The number of aliphatic hydroxyl groups excluding tert-OH is 1. The first kappa shape index (κ1) is 25.2. The van der Waals surface area contributed by atoms with Gasteiger partial charge in [0.15, 0.2) is 5.60 Å². The van der Waals surface area contributed by atoms with Crippen molar-refractivity contribution in [3.05, 3.63) is 111 Å². The number of fused-ring (bicyclic) bond motifs is 2. The van der Waals surface area contributed by atoms with Crippen molar-refractivity contribution in [2.45, 2.75) is 50.7 Å². The van der Waals surface area contributed by atoms with Gasteiger partial charge in [0.05, 0.1) is 24.5 Å². The molecule has 1 N–H and O–H groups in total. The summed E-state index contributed by atoms with van der Waals surface area (Å²) >= 11 is 2.30. The molecule has 4 aromatic rings. The first-order chi connectivity index (χ1) is 18.5. The molecule has 0 radical (unpaired) electrons. The Balaban J connectivity index is 1.18. The highest BCUT2D eigenvalue weighted by molar-refractivity contribution is 14.1. The van der Waals surface area contributed by atoms with Gasteiger partial charge < -0.3 is 14.7 Å². The summed E-state index contributed by atoms with van der Waals surface area (Å²) in [6.45, 7) is 3.22. The van der Waals surface area contributed by atoms with Crippen molar-refractivity contribution >= 4 is 34.2 Å². The van der Waals surface area contributed by atoms with Gasteiger partial charge in [0.1, 0.15) is 11.8 Å². The van der Waals surface area contributed by atoms with Gasteiger partial charge >= 0.3 is 0 Å². The summed E-state index contributed by atoms with van der Waals surface area (Å²) in [5.74, 6) is 0.0508.